The van der Waals surface area contributed by atoms with E-state index in [0.717, 1.165) is 18.5 Å². The van der Waals surface area contributed by atoms with Crippen LogP contribution in [0, 0.1) is 0 Å². The molecule has 0 aromatic heterocycles. The first-order chi connectivity index (χ1) is 9.21. The highest BCUT2D eigenvalue weighted by atomic mass is 35.5. The standard InChI is InChI=1S/C14H20ClNO3/c1-17-11-8-9(7-10-5-4-6-16-10)13(18-2)12(15)14(11)19-3/h8,10,16H,4-7H2,1-3H3. The van der Waals surface area contributed by atoms with Gasteiger partial charge in [-0.3, -0.25) is 0 Å². The number of nitrogens with one attached hydrogen (secondary N) is 1. The molecule has 19 heavy (non-hydrogen) atoms. The average Bonchev–Trinajstić information content (AvgIpc) is 2.91. The molecule has 0 radical (unpaired) electrons. The van der Waals surface area contributed by atoms with E-state index in [0.29, 0.717) is 28.3 Å². The molecule has 1 fully saturated rings. The molecular weight excluding hydrogens is 266 g/mol. The van der Waals surface area contributed by atoms with Crippen LogP contribution in [-0.2, 0) is 6.42 Å². The summed E-state index contributed by atoms with van der Waals surface area (Å²) in [6, 6.07) is 2.42. The second-order valence-corrected chi connectivity index (χ2v) is 4.99. The third kappa shape index (κ3) is 2.90. The molecule has 1 N–H and O–H groups in total. The van der Waals surface area contributed by atoms with Crippen molar-refractivity contribution in [1.29, 1.82) is 0 Å². The van der Waals surface area contributed by atoms with Crippen LogP contribution in [0.2, 0.25) is 5.02 Å². The van der Waals surface area contributed by atoms with E-state index in [1.165, 1.54) is 12.8 Å². The van der Waals surface area contributed by atoms with Crippen molar-refractivity contribution in [3.8, 4) is 17.2 Å². The second kappa shape index (κ2) is 6.35. The number of methoxy groups -OCH3 is 3. The molecule has 1 aromatic rings. The molecular formula is C14H20ClNO3. The van der Waals surface area contributed by atoms with E-state index in [-0.39, 0.29) is 0 Å². The Balaban J connectivity index is 2.37. The normalized spacial score (nSPS) is 18.4. The highest BCUT2D eigenvalue weighted by molar-refractivity contribution is 6.34. The van der Waals surface area contributed by atoms with Gasteiger partial charge in [-0.1, -0.05) is 11.6 Å². The zero-order valence-corrected chi connectivity index (χ0v) is 12.3. The SMILES string of the molecule is COc1cc(CC2CCCN2)c(OC)c(Cl)c1OC. The van der Waals surface area contributed by atoms with Gasteiger partial charge in [0, 0.05) is 11.6 Å². The number of benzene rings is 1. The number of hydrogen-bond donors (Lipinski definition) is 1. The quantitative estimate of drug-likeness (QED) is 0.903. The molecule has 1 aliphatic heterocycles. The monoisotopic (exact) mass is 285 g/mol. The van der Waals surface area contributed by atoms with Gasteiger partial charge in [-0.15, -0.1) is 0 Å². The lowest BCUT2D eigenvalue weighted by Gasteiger charge is -2.18. The summed E-state index contributed by atoms with van der Waals surface area (Å²) >= 11 is 6.33. The first-order valence-corrected chi connectivity index (χ1v) is 6.79. The Bertz CT molecular complexity index is 445. The van der Waals surface area contributed by atoms with Crippen LogP contribution in [0.3, 0.4) is 0 Å². The third-order valence-electron chi connectivity index (χ3n) is 3.48. The molecule has 1 unspecified atom stereocenters. The topological polar surface area (TPSA) is 39.7 Å². The molecule has 4 nitrogen and oxygen atoms in total. The minimum atomic E-state index is 0.470. The highest BCUT2D eigenvalue weighted by Crippen LogP contribution is 2.44. The van der Waals surface area contributed by atoms with Gasteiger partial charge in [-0.2, -0.15) is 0 Å². The van der Waals surface area contributed by atoms with E-state index in [2.05, 4.69) is 5.32 Å². The summed E-state index contributed by atoms with van der Waals surface area (Å²) in [6.45, 7) is 1.08. The summed E-state index contributed by atoms with van der Waals surface area (Å²) in [5.74, 6) is 1.83. The predicted molar refractivity (Wildman–Crippen MR) is 75.8 cm³/mol. The van der Waals surface area contributed by atoms with Crippen molar-refractivity contribution in [3.63, 3.8) is 0 Å². The summed E-state index contributed by atoms with van der Waals surface area (Å²) in [5, 5.41) is 3.94. The molecule has 106 valence electrons. The largest absolute Gasteiger partial charge is 0.495 e. The van der Waals surface area contributed by atoms with Crippen LogP contribution in [-0.4, -0.2) is 33.9 Å². The van der Waals surface area contributed by atoms with Gasteiger partial charge in [-0.25, -0.2) is 0 Å². The Hall–Kier alpha value is -1.13. The Labute approximate surface area is 119 Å². The minimum absolute atomic E-state index is 0.470. The lowest BCUT2D eigenvalue weighted by molar-refractivity contribution is 0.347. The molecule has 5 heteroatoms. The molecule has 1 aromatic carbocycles. The van der Waals surface area contributed by atoms with Gasteiger partial charge in [-0.05, 0) is 31.9 Å². The van der Waals surface area contributed by atoms with Gasteiger partial charge in [0.1, 0.15) is 10.8 Å². The van der Waals surface area contributed by atoms with Crippen molar-refractivity contribution < 1.29 is 14.2 Å². The van der Waals surface area contributed by atoms with E-state index < -0.39 is 0 Å². The Morgan fingerprint density at radius 2 is 1.95 bits per heavy atom. The number of halogens is 1. The minimum Gasteiger partial charge on any atom is -0.495 e. The summed E-state index contributed by atoms with van der Waals surface area (Å²) in [5.41, 5.74) is 1.05. The third-order valence-corrected chi connectivity index (χ3v) is 3.82. The molecule has 0 bridgehead atoms. The Kier molecular flexibility index (Phi) is 4.77. The van der Waals surface area contributed by atoms with Gasteiger partial charge in [0.25, 0.3) is 0 Å². The van der Waals surface area contributed by atoms with Crippen molar-refractivity contribution in [2.75, 3.05) is 27.9 Å². The van der Waals surface area contributed by atoms with E-state index in [1.54, 1.807) is 21.3 Å². The molecule has 1 saturated heterocycles. The van der Waals surface area contributed by atoms with Gasteiger partial charge in [0.2, 0.25) is 0 Å². The summed E-state index contributed by atoms with van der Waals surface area (Å²) < 4.78 is 16.1. The Morgan fingerprint density at radius 3 is 2.47 bits per heavy atom. The van der Waals surface area contributed by atoms with Crippen molar-refractivity contribution in [1.82, 2.24) is 5.32 Å². The maximum absolute atomic E-state index is 6.33. The lowest BCUT2D eigenvalue weighted by atomic mass is 10.0. The fourth-order valence-electron chi connectivity index (χ4n) is 2.55. The number of ether oxygens (including phenoxy) is 3. The molecule has 0 saturated carbocycles. The number of hydrogen-bond acceptors (Lipinski definition) is 4. The molecule has 1 heterocycles. The molecule has 1 atom stereocenters. The average molecular weight is 286 g/mol. The fraction of sp³-hybridized carbons (Fsp3) is 0.571. The van der Waals surface area contributed by atoms with Crippen LogP contribution < -0.4 is 19.5 Å². The van der Waals surface area contributed by atoms with E-state index in [4.69, 9.17) is 25.8 Å². The number of rotatable bonds is 5. The highest BCUT2D eigenvalue weighted by Gasteiger charge is 2.22. The van der Waals surface area contributed by atoms with E-state index in [1.807, 2.05) is 6.07 Å². The van der Waals surface area contributed by atoms with Crippen LogP contribution >= 0.6 is 11.6 Å². The van der Waals surface area contributed by atoms with Gasteiger partial charge in [0.05, 0.1) is 21.3 Å². The molecule has 0 amide bonds. The van der Waals surface area contributed by atoms with Crippen molar-refractivity contribution in [3.05, 3.63) is 16.7 Å². The van der Waals surface area contributed by atoms with Crippen molar-refractivity contribution in [2.24, 2.45) is 0 Å². The van der Waals surface area contributed by atoms with Gasteiger partial charge in [0.15, 0.2) is 11.5 Å². The van der Waals surface area contributed by atoms with Crippen molar-refractivity contribution >= 4 is 11.6 Å². The van der Waals surface area contributed by atoms with Crippen LogP contribution in [0.25, 0.3) is 0 Å². The zero-order chi connectivity index (χ0) is 13.8. The fourth-order valence-corrected chi connectivity index (χ4v) is 2.92. The van der Waals surface area contributed by atoms with Gasteiger partial charge < -0.3 is 19.5 Å². The molecule has 1 aliphatic rings. The van der Waals surface area contributed by atoms with Crippen LogP contribution in [0.15, 0.2) is 6.07 Å². The molecule has 2 rings (SSSR count). The summed E-state index contributed by atoms with van der Waals surface area (Å²) in [7, 11) is 4.80. The maximum Gasteiger partial charge on any atom is 0.183 e. The van der Waals surface area contributed by atoms with Crippen LogP contribution in [0.1, 0.15) is 18.4 Å². The smallest absolute Gasteiger partial charge is 0.183 e. The Morgan fingerprint density at radius 1 is 1.21 bits per heavy atom. The van der Waals surface area contributed by atoms with Crippen LogP contribution in [0.4, 0.5) is 0 Å². The lowest BCUT2D eigenvalue weighted by Crippen LogP contribution is -2.23. The second-order valence-electron chi connectivity index (χ2n) is 4.62. The zero-order valence-electron chi connectivity index (χ0n) is 11.6. The molecule has 0 aliphatic carbocycles. The first-order valence-electron chi connectivity index (χ1n) is 6.42. The summed E-state index contributed by atoms with van der Waals surface area (Å²) in [6.07, 6.45) is 3.27. The maximum atomic E-state index is 6.33. The van der Waals surface area contributed by atoms with E-state index in [9.17, 15) is 0 Å². The van der Waals surface area contributed by atoms with Crippen molar-refractivity contribution in [2.45, 2.75) is 25.3 Å². The predicted octanol–water partition coefficient (Wildman–Crippen LogP) is 2.66. The van der Waals surface area contributed by atoms with Gasteiger partial charge >= 0.3 is 0 Å². The summed E-state index contributed by atoms with van der Waals surface area (Å²) in [4.78, 5) is 0. The first kappa shape index (κ1) is 14.3. The van der Waals surface area contributed by atoms with Crippen LogP contribution in [0.5, 0.6) is 17.2 Å². The van der Waals surface area contributed by atoms with E-state index >= 15 is 0 Å². The molecule has 0 spiro atoms.